The highest BCUT2D eigenvalue weighted by Crippen LogP contribution is 2.43. The summed E-state index contributed by atoms with van der Waals surface area (Å²) in [6.45, 7) is 0. The summed E-state index contributed by atoms with van der Waals surface area (Å²) in [7, 11) is 0. The molecule has 0 N–H and O–H groups in total. The van der Waals surface area contributed by atoms with Crippen molar-refractivity contribution in [1.29, 1.82) is 0 Å². The van der Waals surface area contributed by atoms with Gasteiger partial charge in [-0.05, 0) is 45.5 Å². The largest absolute Gasteiger partial charge is 0.293 e. The molecule has 0 radical (unpaired) electrons. The molecule has 2 heteroatoms. The maximum atomic E-state index is 5.29. The van der Waals surface area contributed by atoms with Crippen LogP contribution in [0.1, 0.15) is 0 Å². The average Bonchev–Trinajstić information content (AvgIpc) is 3.38. The quantitative estimate of drug-likeness (QED) is 0.182. The predicted molar refractivity (Wildman–Crippen MR) is 156 cm³/mol. The zero-order valence-electron chi connectivity index (χ0n) is 20.1. The molecule has 0 saturated carbocycles. The summed E-state index contributed by atoms with van der Waals surface area (Å²) in [5.41, 5.74) is 7.94. The van der Waals surface area contributed by atoms with Gasteiger partial charge in [-0.25, -0.2) is 4.98 Å². The molecule has 3 heterocycles. The maximum Gasteiger partial charge on any atom is 0.146 e. The number of benzene rings is 5. The number of pyridine rings is 2. The van der Waals surface area contributed by atoms with E-state index in [0.717, 1.165) is 22.2 Å². The van der Waals surface area contributed by atoms with E-state index in [1.54, 1.807) is 0 Å². The number of rotatable bonds is 2. The van der Waals surface area contributed by atoms with E-state index >= 15 is 0 Å². The smallest absolute Gasteiger partial charge is 0.146 e. The molecular weight excluding hydrogens is 448 g/mol. The van der Waals surface area contributed by atoms with E-state index in [4.69, 9.17) is 4.98 Å². The third kappa shape index (κ3) is 2.96. The van der Waals surface area contributed by atoms with Crippen LogP contribution in [0.25, 0.3) is 71.4 Å². The Morgan fingerprint density at radius 2 is 1.16 bits per heavy atom. The Morgan fingerprint density at radius 1 is 0.486 bits per heavy atom. The highest BCUT2D eigenvalue weighted by molar-refractivity contribution is 6.26. The van der Waals surface area contributed by atoms with Gasteiger partial charge < -0.3 is 0 Å². The molecule has 0 aliphatic heterocycles. The second kappa shape index (κ2) is 7.78. The van der Waals surface area contributed by atoms with Crippen LogP contribution in [0.4, 0.5) is 0 Å². The molecule has 0 spiro atoms. The van der Waals surface area contributed by atoms with Gasteiger partial charge in [-0.2, -0.15) is 0 Å². The van der Waals surface area contributed by atoms with Crippen molar-refractivity contribution in [1.82, 2.24) is 9.38 Å². The second-order valence-corrected chi connectivity index (χ2v) is 9.62. The average molecular weight is 471 g/mol. The third-order valence-electron chi connectivity index (χ3n) is 7.53. The van der Waals surface area contributed by atoms with Gasteiger partial charge in [-0.3, -0.25) is 4.40 Å². The topological polar surface area (TPSA) is 17.3 Å². The zero-order chi connectivity index (χ0) is 24.3. The van der Waals surface area contributed by atoms with Gasteiger partial charge in [0.15, 0.2) is 0 Å². The number of aromatic nitrogens is 2. The summed E-state index contributed by atoms with van der Waals surface area (Å²) in [6.07, 6.45) is 0. The highest BCUT2D eigenvalue weighted by atomic mass is 15.0. The molecule has 172 valence electrons. The van der Waals surface area contributed by atoms with Crippen LogP contribution in [0, 0.1) is 0 Å². The Hall–Kier alpha value is -4.95. The van der Waals surface area contributed by atoms with Crippen LogP contribution in [-0.4, -0.2) is 9.38 Å². The standard InChI is InChI=1S/C35H22N2/c1-3-11-23(12-4-1)29-22-32(25-14-5-2-6-15-25)37-34(29)33-27-17-9-7-13-24(27)19-20-28(33)30-21-26-16-8-10-18-31(26)36-35(30)37/h1-22H. The molecule has 8 rings (SSSR count). The molecule has 2 nitrogen and oxygen atoms in total. The first kappa shape index (κ1) is 20.3. The molecule has 0 unspecified atom stereocenters. The van der Waals surface area contributed by atoms with E-state index in [-0.39, 0.29) is 0 Å². The van der Waals surface area contributed by atoms with Crippen molar-refractivity contribution in [3.63, 3.8) is 0 Å². The van der Waals surface area contributed by atoms with Gasteiger partial charge in [0.05, 0.1) is 16.7 Å². The lowest BCUT2D eigenvalue weighted by molar-refractivity contribution is 1.23. The zero-order valence-corrected chi connectivity index (χ0v) is 20.1. The predicted octanol–water partition coefficient (Wildman–Crippen LogP) is 9.28. The SMILES string of the molecule is c1ccc(-c2cc(-c3ccccc3)n3c4nc5ccccc5cc4c4ccc5ccccc5c4c23)cc1. The van der Waals surface area contributed by atoms with Gasteiger partial charge in [0.2, 0.25) is 0 Å². The normalized spacial score (nSPS) is 11.8. The monoisotopic (exact) mass is 470 g/mol. The van der Waals surface area contributed by atoms with E-state index < -0.39 is 0 Å². The fraction of sp³-hybridized carbons (Fsp3) is 0. The Balaban J connectivity index is 1.72. The van der Waals surface area contributed by atoms with E-state index in [1.165, 1.54) is 49.1 Å². The first-order chi connectivity index (χ1) is 18.4. The number of nitrogens with zero attached hydrogens (tertiary/aromatic N) is 2. The fourth-order valence-corrected chi connectivity index (χ4v) is 5.86. The summed E-state index contributed by atoms with van der Waals surface area (Å²) in [4.78, 5) is 5.29. The van der Waals surface area contributed by atoms with Crippen molar-refractivity contribution in [3.05, 3.63) is 133 Å². The molecule has 0 aliphatic rings. The third-order valence-corrected chi connectivity index (χ3v) is 7.53. The van der Waals surface area contributed by atoms with E-state index in [0.29, 0.717) is 0 Å². The summed E-state index contributed by atoms with van der Waals surface area (Å²) >= 11 is 0. The van der Waals surface area contributed by atoms with Gasteiger partial charge >= 0.3 is 0 Å². The second-order valence-electron chi connectivity index (χ2n) is 9.62. The molecule has 0 bridgehead atoms. The number of hydrogen-bond donors (Lipinski definition) is 0. The van der Waals surface area contributed by atoms with Crippen molar-refractivity contribution in [2.75, 3.05) is 0 Å². The van der Waals surface area contributed by atoms with Crippen LogP contribution in [0.15, 0.2) is 133 Å². The molecule has 37 heavy (non-hydrogen) atoms. The van der Waals surface area contributed by atoms with Crippen LogP contribution in [0.3, 0.4) is 0 Å². The summed E-state index contributed by atoms with van der Waals surface area (Å²) in [5.74, 6) is 0. The Morgan fingerprint density at radius 3 is 1.97 bits per heavy atom. The van der Waals surface area contributed by atoms with Crippen molar-refractivity contribution in [3.8, 4) is 22.4 Å². The maximum absolute atomic E-state index is 5.29. The lowest BCUT2D eigenvalue weighted by Crippen LogP contribution is -1.97. The molecule has 0 aliphatic carbocycles. The van der Waals surface area contributed by atoms with E-state index in [1.807, 2.05) is 0 Å². The van der Waals surface area contributed by atoms with Gasteiger partial charge in [-0.1, -0.05) is 115 Å². The molecule has 0 saturated heterocycles. The van der Waals surface area contributed by atoms with Crippen LogP contribution >= 0.6 is 0 Å². The van der Waals surface area contributed by atoms with Crippen molar-refractivity contribution in [2.24, 2.45) is 0 Å². The first-order valence-corrected chi connectivity index (χ1v) is 12.7. The molecule has 0 amide bonds. The highest BCUT2D eigenvalue weighted by Gasteiger charge is 2.21. The molecule has 0 atom stereocenters. The minimum absolute atomic E-state index is 0.984. The Kier molecular flexibility index (Phi) is 4.26. The summed E-state index contributed by atoms with van der Waals surface area (Å²) in [5, 5.41) is 7.32. The van der Waals surface area contributed by atoms with Crippen molar-refractivity contribution in [2.45, 2.75) is 0 Å². The molecular formula is C35H22N2. The van der Waals surface area contributed by atoms with Gasteiger partial charge in [0.1, 0.15) is 5.65 Å². The Labute approximate surface area is 214 Å². The number of fused-ring (bicyclic) bond motifs is 9. The van der Waals surface area contributed by atoms with Crippen LogP contribution in [0.2, 0.25) is 0 Å². The summed E-state index contributed by atoms with van der Waals surface area (Å²) < 4.78 is 2.40. The van der Waals surface area contributed by atoms with Gasteiger partial charge in [0.25, 0.3) is 0 Å². The number of para-hydroxylation sites is 1. The van der Waals surface area contributed by atoms with E-state index in [2.05, 4.69) is 138 Å². The number of hydrogen-bond acceptors (Lipinski definition) is 1. The minimum Gasteiger partial charge on any atom is -0.293 e. The van der Waals surface area contributed by atoms with Crippen LogP contribution < -0.4 is 0 Å². The van der Waals surface area contributed by atoms with Gasteiger partial charge in [-0.15, -0.1) is 0 Å². The lowest BCUT2D eigenvalue weighted by Gasteiger charge is -2.15. The van der Waals surface area contributed by atoms with E-state index in [9.17, 15) is 0 Å². The van der Waals surface area contributed by atoms with Crippen molar-refractivity contribution >= 4 is 49.0 Å². The van der Waals surface area contributed by atoms with Crippen molar-refractivity contribution < 1.29 is 0 Å². The lowest BCUT2D eigenvalue weighted by atomic mass is 9.96. The molecule has 0 fully saturated rings. The Bertz CT molecular complexity index is 2110. The van der Waals surface area contributed by atoms with Gasteiger partial charge in [0, 0.05) is 21.7 Å². The first-order valence-electron chi connectivity index (χ1n) is 12.7. The van der Waals surface area contributed by atoms with Crippen LogP contribution in [-0.2, 0) is 0 Å². The molecule has 5 aromatic carbocycles. The van der Waals surface area contributed by atoms with Crippen LogP contribution in [0.5, 0.6) is 0 Å². The minimum atomic E-state index is 0.984. The summed E-state index contributed by atoms with van der Waals surface area (Å²) in [6, 6.07) is 47.7. The fourth-order valence-electron chi connectivity index (χ4n) is 5.86. The molecule has 3 aromatic heterocycles. The molecule has 8 aromatic rings.